The number of aliphatic hydroxyl groups is 1. The molecule has 1 heterocycles. The van der Waals surface area contributed by atoms with Crippen LogP contribution in [-0.2, 0) is 0 Å². The Labute approximate surface area is 135 Å². The highest BCUT2D eigenvalue weighted by atomic mass is 16.3. The Hall–Kier alpha value is -0.900. The summed E-state index contributed by atoms with van der Waals surface area (Å²) < 4.78 is 0. The van der Waals surface area contributed by atoms with Crippen molar-refractivity contribution in [1.82, 2.24) is 9.80 Å². The molecule has 0 aromatic heterocycles. The third-order valence-corrected chi connectivity index (χ3v) is 4.82. The van der Waals surface area contributed by atoms with Crippen molar-refractivity contribution in [2.24, 2.45) is 5.92 Å². The molecule has 22 heavy (non-hydrogen) atoms. The molecule has 0 spiro atoms. The second kappa shape index (κ2) is 8.66. The molecule has 0 aliphatic carbocycles. The lowest BCUT2D eigenvalue weighted by atomic mass is 9.92. The summed E-state index contributed by atoms with van der Waals surface area (Å²) in [5, 5.41) is 10.4. The van der Waals surface area contributed by atoms with Crippen LogP contribution in [0, 0.1) is 12.8 Å². The van der Waals surface area contributed by atoms with Gasteiger partial charge in [0.05, 0.1) is 6.10 Å². The van der Waals surface area contributed by atoms with Crippen LogP contribution in [0.1, 0.15) is 42.9 Å². The van der Waals surface area contributed by atoms with E-state index >= 15 is 0 Å². The Balaban J connectivity index is 1.69. The first-order valence-electron chi connectivity index (χ1n) is 8.66. The van der Waals surface area contributed by atoms with E-state index in [1.165, 1.54) is 37.8 Å². The number of rotatable bonds is 7. The van der Waals surface area contributed by atoms with E-state index in [1.807, 2.05) is 12.1 Å². The summed E-state index contributed by atoms with van der Waals surface area (Å²) in [6.07, 6.45) is 4.88. The van der Waals surface area contributed by atoms with Gasteiger partial charge in [-0.3, -0.25) is 0 Å². The standard InChI is InChI=1S/C19H32N2O/c1-16-6-8-18(9-7-16)19(22)15-21-13-10-17(11-14-21)5-4-12-20(2)3/h6-9,17,19,22H,4-5,10-15H2,1-3H3. The first kappa shape index (κ1) is 17.5. The molecule has 1 aromatic carbocycles. The summed E-state index contributed by atoms with van der Waals surface area (Å²) >= 11 is 0. The molecule has 1 saturated heterocycles. The lowest BCUT2D eigenvalue weighted by Crippen LogP contribution is -2.36. The molecular formula is C19H32N2O. The highest BCUT2D eigenvalue weighted by Gasteiger charge is 2.21. The summed E-state index contributed by atoms with van der Waals surface area (Å²) in [6, 6.07) is 8.26. The van der Waals surface area contributed by atoms with Crippen LogP contribution in [0.2, 0.25) is 0 Å². The third kappa shape index (κ3) is 5.71. The van der Waals surface area contributed by atoms with Crippen molar-refractivity contribution in [3.8, 4) is 0 Å². The average Bonchev–Trinajstić information content (AvgIpc) is 2.49. The molecule has 1 aliphatic rings. The van der Waals surface area contributed by atoms with Gasteiger partial charge in [-0.2, -0.15) is 0 Å². The number of piperidine rings is 1. The van der Waals surface area contributed by atoms with Crippen molar-refractivity contribution in [1.29, 1.82) is 0 Å². The maximum Gasteiger partial charge on any atom is 0.0916 e. The third-order valence-electron chi connectivity index (χ3n) is 4.82. The van der Waals surface area contributed by atoms with E-state index in [9.17, 15) is 5.11 Å². The van der Waals surface area contributed by atoms with E-state index in [4.69, 9.17) is 0 Å². The monoisotopic (exact) mass is 304 g/mol. The molecule has 1 aliphatic heterocycles. The van der Waals surface area contributed by atoms with Crippen LogP contribution in [0.25, 0.3) is 0 Å². The highest BCUT2D eigenvalue weighted by Crippen LogP contribution is 2.24. The lowest BCUT2D eigenvalue weighted by Gasteiger charge is -2.33. The van der Waals surface area contributed by atoms with Crippen LogP contribution >= 0.6 is 0 Å². The second-order valence-electron chi connectivity index (χ2n) is 7.12. The number of hydrogen-bond donors (Lipinski definition) is 1. The van der Waals surface area contributed by atoms with Crippen LogP contribution in [0.4, 0.5) is 0 Å². The molecule has 0 amide bonds. The summed E-state index contributed by atoms with van der Waals surface area (Å²) in [6.45, 7) is 6.32. The highest BCUT2D eigenvalue weighted by molar-refractivity contribution is 5.23. The summed E-state index contributed by atoms with van der Waals surface area (Å²) in [7, 11) is 4.30. The second-order valence-corrected chi connectivity index (χ2v) is 7.12. The molecule has 1 aromatic rings. The van der Waals surface area contributed by atoms with Crippen molar-refractivity contribution >= 4 is 0 Å². The van der Waals surface area contributed by atoms with Gasteiger partial charge in [0.2, 0.25) is 0 Å². The van der Waals surface area contributed by atoms with E-state index < -0.39 is 0 Å². The number of hydrogen-bond acceptors (Lipinski definition) is 3. The van der Waals surface area contributed by atoms with Gasteiger partial charge in [0.1, 0.15) is 0 Å². The zero-order valence-corrected chi connectivity index (χ0v) is 14.5. The predicted octanol–water partition coefficient (Wildman–Crippen LogP) is 3.08. The Morgan fingerprint density at radius 1 is 1.18 bits per heavy atom. The van der Waals surface area contributed by atoms with Gasteiger partial charge >= 0.3 is 0 Å². The average molecular weight is 304 g/mol. The van der Waals surface area contributed by atoms with Crippen LogP contribution in [0.15, 0.2) is 24.3 Å². The Bertz CT molecular complexity index is 422. The van der Waals surface area contributed by atoms with E-state index in [0.29, 0.717) is 0 Å². The quantitative estimate of drug-likeness (QED) is 0.838. The van der Waals surface area contributed by atoms with Crippen molar-refractivity contribution < 1.29 is 5.11 Å². The minimum absolute atomic E-state index is 0.356. The van der Waals surface area contributed by atoms with E-state index in [2.05, 4.69) is 43.0 Å². The number of nitrogens with zero attached hydrogens (tertiary/aromatic N) is 2. The molecule has 1 unspecified atom stereocenters. The molecule has 3 nitrogen and oxygen atoms in total. The number of benzene rings is 1. The van der Waals surface area contributed by atoms with Crippen LogP contribution in [-0.4, -0.2) is 55.2 Å². The van der Waals surface area contributed by atoms with Crippen LogP contribution in [0.3, 0.4) is 0 Å². The number of aliphatic hydroxyl groups excluding tert-OH is 1. The molecule has 0 saturated carbocycles. The van der Waals surface area contributed by atoms with Gasteiger partial charge < -0.3 is 14.9 Å². The molecule has 124 valence electrons. The maximum atomic E-state index is 10.4. The first-order chi connectivity index (χ1) is 10.5. The van der Waals surface area contributed by atoms with E-state index in [0.717, 1.165) is 31.1 Å². The smallest absolute Gasteiger partial charge is 0.0916 e. The molecular weight excluding hydrogens is 272 g/mol. The van der Waals surface area contributed by atoms with Gasteiger partial charge in [-0.25, -0.2) is 0 Å². The zero-order chi connectivity index (χ0) is 15.9. The number of likely N-dealkylation sites (tertiary alicyclic amines) is 1. The summed E-state index contributed by atoms with van der Waals surface area (Å²) in [4.78, 5) is 4.69. The summed E-state index contributed by atoms with van der Waals surface area (Å²) in [5.41, 5.74) is 2.29. The van der Waals surface area contributed by atoms with E-state index in [1.54, 1.807) is 0 Å². The largest absolute Gasteiger partial charge is 0.387 e. The van der Waals surface area contributed by atoms with Crippen molar-refractivity contribution in [3.63, 3.8) is 0 Å². The van der Waals surface area contributed by atoms with Crippen molar-refractivity contribution in [3.05, 3.63) is 35.4 Å². The molecule has 0 bridgehead atoms. The first-order valence-corrected chi connectivity index (χ1v) is 8.66. The van der Waals surface area contributed by atoms with Crippen molar-refractivity contribution in [2.75, 3.05) is 40.3 Å². The predicted molar refractivity (Wildman–Crippen MR) is 93.1 cm³/mol. The van der Waals surface area contributed by atoms with Crippen molar-refractivity contribution in [2.45, 2.75) is 38.7 Å². The Kier molecular flexibility index (Phi) is 6.87. The van der Waals surface area contributed by atoms with Gasteiger partial charge in [-0.15, -0.1) is 0 Å². The molecule has 1 atom stereocenters. The Morgan fingerprint density at radius 2 is 1.82 bits per heavy atom. The molecule has 1 N–H and O–H groups in total. The molecule has 0 radical (unpaired) electrons. The normalized spacial score (nSPS) is 18.8. The fourth-order valence-electron chi connectivity index (χ4n) is 3.29. The Morgan fingerprint density at radius 3 is 2.41 bits per heavy atom. The number of β-amino-alcohol motifs (C(OH)–C–C–N with tert-alkyl or cyclic N) is 1. The van der Waals surface area contributed by atoms with E-state index in [-0.39, 0.29) is 6.10 Å². The fourth-order valence-corrected chi connectivity index (χ4v) is 3.29. The van der Waals surface area contributed by atoms with Crippen LogP contribution in [0.5, 0.6) is 0 Å². The minimum Gasteiger partial charge on any atom is -0.387 e. The molecule has 3 heteroatoms. The topological polar surface area (TPSA) is 26.7 Å². The maximum absolute atomic E-state index is 10.4. The number of aryl methyl sites for hydroxylation is 1. The van der Waals surface area contributed by atoms with Crippen LogP contribution < -0.4 is 0 Å². The van der Waals surface area contributed by atoms with Gasteiger partial charge in [0.25, 0.3) is 0 Å². The van der Waals surface area contributed by atoms with Gasteiger partial charge in [-0.05, 0) is 77.8 Å². The van der Waals surface area contributed by atoms with Gasteiger partial charge in [-0.1, -0.05) is 29.8 Å². The van der Waals surface area contributed by atoms with Gasteiger partial charge in [0.15, 0.2) is 0 Å². The SMILES string of the molecule is Cc1ccc(C(O)CN2CCC(CCCN(C)C)CC2)cc1. The lowest BCUT2D eigenvalue weighted by molar-refractivity contribution is 0.0873. The zero-order valence-electron chi connectivity index (χ0n) is 14.5. The summed E-state index contributed by atoms with van der Waals surface area (Å²) in [5.74, 6) is 0.882. The minimum atomic E-state index is -0.356. The van der Waals surface area contributed by atoms with Gasteiger partial charge in [0, 0.05) is 6.54 Å². The fraction of sp³-hybridized carbons (Fsp3) is 0.684. The molecule has 2 rings (SSSR count). The molecule has 1 fully saturated rings.